The van der Waals surface area contributed by atoms with Crippen molar-refractivity contribution in [1.82, 2.24) is 4.98 Å². The zero-order valence-corrected chi connectivity index (χ0v) is 12.1. The maximum Gasteiger partial charge on any atom is 0.373 e. The van der Waals surface area contributed by atoms with E-state index in [9.17, 15) is 4.79 Å². The van der Waals surface area contributed by atoms with Crippen molar-refractivity contribution < 1.29 is 14.3 Å². The van der Waals surface area contributed by atoms with Crippen molar-refractivity contribution in [2.75, 3.05) is 0 Å². The predicted molar refractivity (Wildman–Crippen MR) is 75.7 cm³/mol. The molecule has 0 bridgehead atoms. The Labute approximate surface area is 118 Å². The highest BCUT2D eigenvalue weighted by molar-refractivity contribution is 14.1. The molecule has 0 aliphatic heterocycles. The summed E-state index contributed by atoms with van der Waals surface area (Å²) in [6.45, 7) is 3.79. The summed E-state index contributed by atoms with van der Waals surface area (Å²) in [5.41, 5.74) is 1.30. The van der Waals surface area contributed by atoms with Crippen LogP contribution in [0.25, 0.3) is 11.5 Å². The van der Waals surface area contributed by atoms with Crippen molar-refractivity contribution in [1.29, 1.82) is 0 Å². The largest absolute Gasteiger partial charge is 0.475 e. The minimum atomic E-state index is -1.08. The lowest BCUT2D eigenvalue weighted by molar-refractivity contribution is 0.0661. The number of carboxylic acids is 1. The standard InChI is InChI=1S/C13H12INO3/c1-7(2)10-11(13(16)17)18-12(15-10)8-5-3-4-6-9(8)14/h3-7H,1-2H3,(H,16,17). The van der Waals surface area contributed by atoms with E-state index in [0.29, 0.717) is 11.6 Å². The highest BCUT2D eigenvalue weighted by atomic mass is 127. The lowest BCUT2D eigenvalue weighted by Crippen LogP contribution is -2.01. The zero-order valence-electron chi connectivity index (χ0n) is 9.98. The van der Waals surface area contributed by atoms with Gasteiger partial charge in [0.25, 0.3) is 0 Å². The molecule has 0 fully saturated rings. The maximum absolute atomic E-state index is 11.1. The van der Waals surface area contributed by atoms with E-state index >= 15 is 0 Å². The quantitative estimate of drug-likeness (QED) is 0.850. The summed E-state index contributed by atoms with van der Waals surface area (Å²) in [6.07, 6.45) is 0. The van der Waals surface area contributed by atoms with Gasteiger partial charge in [-0.15, -0.1) is 0 Å². The van der Waals surface area contributed by atoms with Crippen molar-refractivity contribution in [2.24, 2.45) is 0 Å². The first-order chi connectivity index (χ1) is 8.50. The molecule has 0 saturated carbocycles. The zero-order chi connectivity index (χ0) is 13.3. The monoisotopic (exact) mass is 357 g/mol. The molecule has 94 valence electrons. The topological polar surface area (TPSA) is 63.3 Å². The Bertz CT molecular complexity index is 590. The number of oxazole rings is 1. The third-order valence-electron chi connectivity index (χ3n) is 2.50. The number of nitrogens with zero attached hydrogens (tertiary/aromatic N) is 1. The van der Waals surface area contributed by atoms with Gasteiger partial charge in [0, 0.05) is 3.57 Å². The molecule has 1 aromatic carbocycles. The fraction of sp³-hybridized carbons (Fsp3) is 0.231. The predicted octanol–water partition coefficient (Wildman–Crippen LogP) is 3.77. The van der Waals surface area contributed by atoms with Crippen LogP contribution in [0.3, 0.4) is 0 Å². The van der Waals surface area contributed by atoms with E-state index in [4.69, 9.17) is 9.52 Å². The summed E-state index contributed by atoms with van der Waals surface area (Å²) in [6, 6.07) is 7.58. The number of aromatic carboxylic acids is 1. The van der Waals surface area contributed by atoms with Gasteiger partial charge < -0.3 is 9.52 Å². The van der Waals surface area contributed by atoms with Crippen LogP contribution in [-0.4, -0.2) is 16.1 Å². The number of hydrogen-bond donors (Lipinski definition) is 1. The molecule has 0 aliphatic carbocycles. The average Bonchev–Trinajstić information content (AvgIpc) is 2.74. The van der Waals surface area contributed by atoms with Gasteiger partial charge >= 0.3 is 5.97 Å². The van der Waals surface area contributed by atoms with E-state index in [0.717, 1.165) is 9.13 Å². The van der Waals surface area contributed by atoms with Gasteiger partial charge in [0.15, 0.2) is 0 Å². The Hall–Kier alpha value is -1.37. The van der Waals surface area contributed by atoms with Crippen LogP contribution < -0.4 is 0 Å². The molecule has 0 spiro atoms. The molecule has 2 rings (SSSR count). The van der Waals surface area contributed by atoms with Crippen LogP contribution in [0, 0.1) is 3.57 Å². The lowest BCUT2D eigenvalue weighted by Gasteiger charge is -1.98. The molecule has 0 amide bonds. The summed E-state index contributed by atoms with van der Waals surface area (Å²) >= 11 is 2.17. The molecule has 1 heterocycles. The summed E-state index contributed by atoms with van der Waals surface area (Å²) in [7, 11) is 0. The smallest absolute Gasteiger partial charge is 0.373 e. The number of benzene rings is 1. The van der Waals surface area contributed by atoms with Crippen LogP contribution in [0.1, 0.15) is 36.0 Å². The number of halogens is 1. The minimum Gasteiger partial charge on any atom is -0.475 e. The molecule has 0 aliphatic rings. The highest BCUT2D eigenvalue weighted by Crippen LogP contribution is 2.29. The van der Waals surface area contributed by atoms with Crippen LogP contribution in [0.4, 0.5) is 0 Å². The van der Waals surface area contributed by atoms with Crippen molar-refractivity contribution in [3.05, 3.63) is 39.3 Å². The molecule has 1 aromatic heterocycles. The fourth-order valence-corrected chi connectivity index (χ4v) is 2.24. The lowest BCUT2D eigenvalue weighted by atomic mass is 10.1. The van der Waals surface area contributed by atoms with Crippen LogP contribution >= 0.6 is 22.6 Å². The third kappa shape index (κ3) is 2.40. The van der Waals surface area contributed by atoms with Crippen molar-refractivity contribution >= 4 is 28.6 Å². The van der Waals surface area contributed by atoms with Crippen molar-refractivity contribution in [3.8, 4) is 11.5 Å². The summed E-state index contributed by atoms with van der Waals surface area (Å²) < 4.78 is 6.36. The first-order valence-electron chi connectivity index (χ1n) is 5.49. The van der Waals surface area contributed by atoms with Crippen molar-refractivity contribution in [2.45, 2.75) is 19.8 Å². The molecule has 4 nitrogen and oxygen atoms in total. The first kappa shape index (κ1) is 13.1. The Balaban J connectivity index is 2.57. The van der Waals surface area contributed by atoms with E-state index in [-0.39, 0.29) is 11.7 Å². The summed E-state index contributed by atoms with van der Waals surface area (Å²) in [5, 5.41) is 9.11. The summed E-state index contributed by atoms with van der Waals surface area (Å²) in [4.78, 5) is 15.4. The van der Waals surface area contributed by atoms with Gasteiger partial charge in [0.05, 0.1) is 11.3 Å². The molecule has 18 heavy (non-hydrogen) atoms. The molecule has 0 saturated heterocycles. The number of carboxylic acid groups (broad SMARTS) is 1. The molecule has 1 N–H and O–H groups in total. The molecule has 2 aromatic rings. The second-order valence-electron chi connectivity index (χ2n) is 4.17. The Morgan fingerprint density at radius 3 is 2.56 bits per heavy atom. The van der Waals surface area contributed by atoms with Crippen LogP contribution in [0.2, 0.25) is 0 Å². The molecule has 0 atom stereocenters. The Morgan fingerprint density at radius 1 is 1.39 bits per heavy atom. The van der Waals surface area contributed by atoms with E-state index < -0.39 is 5.97 Å². The van der Waals surface area contributed by atoms with E-state index in [1.165, 1.54) is 0 Å². The van der Waals surface area contributed by atoms with Gasteiger partial charge in [0.2, 0.25) is 11.7 Å². The van der Waals surface area contributed by atoms with Gasteiger partial charge in [0.1, 0.15) is 0 Å². The number of rotatable bonds is 3. The summed E-state index contributed by atoms with van der Waals surface area (Å²) in [5.74, 6) is -0.779. The molecule has 0 unspecified atom stereocenters. The first-order valence-corrected chi connectivity index (χ1v) is 6.57. The van der Waals surface area contributed by atoms with Crippen LogP contribution in [0.15, 0.2) is 28.7 Å². The highest BCUT2D eigenvalue weighted by Gasteiger charge is 2.23. The minimum absolute atomic E-state index is 0.00923. The van der Waals surface area contributed by atoms with Gasteiger partial charge in [-0.3, -0.25) is 0 Å². The number of aromatic nitrogens is 1. The number of hydrogen-bond acceptors (Lipinski definition) is 3. The third-order valence-corrected chi connectivity index (χ3v) is 3.44. The molecular weight excluding hydrogens is 345 g/mol. The van der Waals surface area contributed by atoms with Crippen molar-refractivity contribution in [3.63, 3.8) is 0 Å². The Morgan fingerprint density at radius 2 is 2.06 bits per heavy atom. The van der Waals surface area contributed by atoms with Crippen LogP contribution in [0.5, 0.6) is 0 Å². The van der Waals surface area contributed by atoms with Crippen LogP contribution in [-0.2, 0) is 0 Å². The number of carbonyl (C=O) groups is 1. The normalized spacial score (nSPS) is 10.9. The second kappa shape index (κ2) is 5.09. The van der Waals surface area contributed by atoms with E-state index in [2.05, 4.69) is 27.6 Å². The molecular formula is C13H12INO3. The molecule has 0 radical (unpaired) electrons. The van der Waals surface area contributed by atoms with Gasteiger partial charge in [-0.05, 0) is 40.6 Å². The SMILES string of the molecule is CC(C)c1nc(-c2ccccc2I)oc1C(=O)O. The average molecular weight is 357 g/mol. The van der Waals surface area contributed by atoms with Gasteiger partial charge in [-0.2, -0.15) is 0 Å². The fourth-order valence-electron chi connectivity index (χ4n) is 1.63. The second-order valence-corrected chi connectivity index (χ2v) is 5.34. The maximum atomic E-state index is 11.1. The van der Waals surface area contributed by atoms with E-state index in [1.54, 1.807) is 0 Å². The van der Waals surface area contributed by atoms with E-state index in [1.807, 2.05) is 38.1 Å². The Kier molecular flexibility index (Phi) is 3.70. The van der Waals surface area contributed by atoms with Gasteiger partial charge in [-0.25, -0.2) is 9.78 Å². The molecule has 5 heteroatoms. The van der Waals surface area contributed by atoms with Gasteiger partial charge in [-0.1, -0.05) is 26.0 Å².